The molecule has 0 unspecified atom stereocenters. The third kappa shape index (κ3) is 1.53. The number of nitrogens with one attached hydrogen (secondary N) is 1. The number of hydrogen-bond acceptors (Lipinski definition) is 2. The number of rotatable bonds is 2. The third-order valence-corrected chi connectivity index (χ3v) is 2.60. The average molecular weight is 173 g/mol. The van der Waals surface area contributed by atoms with E-state index in [2.05, 4.69) is 5.32 Å². The van der Waals surface area contributed by atoms with E-state index in [0.29, 0.717) is 5.00 Å². The fourth-order valence-electron chi connectivity index (χ4n) is 0.915. The van der Waals surface area contributed by atoms with Crippen molar-refractivity contribution in [3.63, 3.8) is 0 Å². The van der Waals surface area contributed by atoms with Gasteiger partial charge in [-0.25, -0.2) is 4.39 Å². The van der Waals surface area contributed by atoms with Crippen molar-refractivity contribution in [2.45, 2.75) is 19.8 Å². The van der Waals surface area contributed by atoms with Crippen molar-refractivity contribution >= 4 is 16.3 Å². The van der Waals surface area contributed by atoms with Crippen molar-refractivity contribution in [2.24, 2.45) is 0 Å². The van der Waals surface area contributed by atoms with Gasteiger partial charge in [-0.15, -0.1) is 11.3 Å². The van der Waals surface area contributed by atoms with Crippen LogP contribution in [0.25, 0.3) is 0 Å². The lowest BCUT2D eigenvalue weighted by Gasteiger charge is -2.00. The SMILES string of the molecule is CNc1scc(C(C)C)c1F. The second kappa shape index (κ2) is 3.22. The van der Waals surface area contributed by atoms with Crippen LogP contribution in [-0.2, 0) is 0 Å². The van der Waals surface area contributed by atoms with E-state index in [1.807, 2.05) is 19.2 Å². The monoisotopic (exact) mass is 173 g/mol. The Morgan fingerprint density at radius 2 is 2.18 bits per heavy atom. The minimum Gasteiger partial charge on any atom is -0.378 e. The molecule has 0 spiro atoms. The van der Waals surface area contributed by atoms with Gasteiger partial charge in [0.2, 0.25) is 0 Å². The van der Waals surface area contributed by atoms with Gasteiger partial charge in [0.15, 0.2) is 5.82 Å². The number of hydrogen-bond donors (Lipinski definition) is 1. The van der Waals surface area contributed by atoms with Crippen molar-refractivity contribution in [1.82, 2.24) is 0 Å². The molecule has 0 aromatic carbocycles. The molecule has 0 aliphatic carbocycles. The lowest BCUT2D eigenvalue weighted by atomic mass is 10.1. The van der Waals surface area contributed by atoms with Gasteiger partial charge in [0, 0.05) is 12.6 Å². The maximum absolute atomic E-state index is 13.2. The first kappa shape index (κ1) is 8.53. The molecule has 1 aromatic heterocycles. The molecule has 1 aromatic rings. The quantitative estimate of drug-likeness (QED) is 0.724. The normalized spacial score (nSPS) is 10.6. The largest absolute Gasteiger partial charge is 0.378 e. The Morgan fingerprint density at radius 1 is 1.55 bits per heavy atom. The molecule has 62 valence electrons. The van der Waals surface area contributed by atoms with Crippen LogP contribution in [0.1, 0.15) is 25.3 Å². The molecule has 0 fully saturated rings. The van der Waals surface area contributed by atoms with Crippen molar-refractivity contribution < 1.29 is 4.39 Å². The molecular formula is C8H12FNS. The van der Waals surface area contributed by atoms with Crippen LogP contribution in [0.2, 0.25) is 0 Å². The fraction of sp³-hybridized carbons (Fsp3) is 0.500. The summed E-state index contributed by atoms with van der Waals surface area (Å²) in [5, 5.41) is 5.31. The minimum atomic E-state index is -0.0903. The highest BCUT2D eigenvalue weighted by Crippen LogP contribution is 2.30. The molecule has 0 saturated heterocycles. The first-order chi connectivity index (χ1) is 5.16. The Kier molecular flexibility index (Phi) is 2.49. The molecule has 0 aliphatic rings. The van der Waals surface area contributed by atoms with E-state index in [4.69, 9.17) is 0 Å². The summed E-state index contributed by atoms with van der Waals surface area (Å²) in [7, 11) is 1.74. The van der Waals surface area contributed by atoms with Gasteiger partial charge >= 0.3 is 0 Å². The molecule has 0 aliphatic heterocycles. The topological polar surface area (TPSA) is 12.0 Å². The van der Waals surface area contributed by atoms with Crippen LogP contribution in [0.3, 0.4) is 0 Å². The number of anilines is 1. The zero-order valence-electron chi connectivity index (χ0n) is 6.94. The maximum atomic E-state index is 13.2. The van der Waals surface area contributed by atoms with Gasteiger partial charge in [-0.1, -0.05) is 13.8 Å². The molecule has 0 saturated carbocycles. The predicted octanol–water partition coefficient (Wildman–Crippen LogP) is 3.05. The van der Waals surface area contributed by atoms with Crippen molar-refractivity contribution in [1.29, 1.82) is 0 Å². The Bertz CT molecular complexity index is 242. The molecule has 11 heavy (non-hydrogen) atoms. The zero-order valence-corrected chi connectivity index (χ0v) is 7.76. The summed E-state index contributed by atoms with van der Waals surface area (Å²) in [6, 6.07) is 0. The molecule has 0 amide bonds. The molecule has 1 nitrogen and oxygen atoms in total. The summed E-state index contributed by atoms with van der Waals surface area (Å²) < 4.78 is 13.2. The Labute approximate surface area is 70.2 Å². The second-order valence-electron chi connectivity index (χ2n) is 2.74. The van der Waals surface area contributed by atoms with E-state index < -0.39 is 0 Å². The lowest BCUT2D eigenvalue weighted by Crippen LogP contribution is -1.91. The van der Waals surface area contributed by atoms with Crippen LogP contribution in [-0.4, -0.2) is 7.05 Å². The Hall–Kier alpha value is -0.570. The zero-order chi connectivity index (χ0) is 8.43. The number of halogens is 1. The van der Waals surface area contributed by atoms with E-state index in [1.54, 1.807) is 7.05 Å². The maximum Gasteiger partial charge on any atom is 0.160 e. The van der Waals surface area contributed by atoms with Crippen molar-refractivity contribution in [3.05, 3.63) is 16.8 Å². The van der Waals surface area contributed by atoms with Crippen LogP contribution in [0.15, 0.2) is 5.38 Å². The van der Waals surface area contributed by atoms with Crippen LogP contribution in [0.5, 0.6) is 0 Å². The Balaban J connectivity index is 3.00. The molecule has 1 heterocycles. The molecule has 0 radical (unpaired) electrons. The molecule has 3 heteroatoms. The first-order valence-corrected chi connectivity index (χ1v) is 4.49. The standard InChI is InChI=1S/C8H12FNS/c1-5(2)6-4-11-8(10-3)7(6)9/h4-5,10H,1-3H3. The van der Waals surface area contributed by atoms with Gasteiger partial charge in [-0.2, -0.15) is 0 Å². The van der Waals surface area contributed by atoms with Crippen molar-refractivity contribution in [2.75, 3.05) is 12.4 Å². The highest BCUT2D eigenvalue weighted by molar-refractivity contribution is 7.14. The van der Waals surface area contributed by atoms with E-state index in [9.17, 15) is 4.39 Å². The van der Waals surface area contributed by atoms with Crippen molar-refractivity contribution in [3.8, 4) is 0 Å². The summed E-state index contributed by atoms with van der Waals surface area (Å²) in [5.74, 6) is 0.181. The number of thiophene rings is 1. The van der Waals surface area contributed by atoms with Gasteiger partial charge in [0.1, 0.15) is 5.00 Å². The van der Waals surface area contributed by atoms with E-state index >= 15 is 0 Å². The third-order valence-electron chi connectivity index (χ3n) is 1.61. The van der Waals surface area contributed by atoms with Crippen LogP contribution in [0, 0.1) is 5.82 Å². The molecule has 1 N–H and O–H groups in total. The molecular weight excluding hydrogens is 161 g/mol. The summed E-state index contributed by atoms with van der Waals surface area (Å²) >= 11 is 1.42. The van der Waals surface area contributed by atoms with Gasteiger partial charge in [0.25, 0.3) is 0 Å². The summed E-state index contributed by atoms with van der Waals surface area (Å²) in [6.45, 7) is 3.98. The lowest BCUT2D eigenvalue weighted by molar-refractivity contribution is 0.608. The van der Waals surface area contributed by atoms with Gasteiger partial charge < -0.3 is 5.32 Å². The summed E-state index contributed by atoms with van der Waals surface area (Å²) in [6.07, 6.45) is 0. The molecule has 0 atom stereocenters. The van der Waals surface area contributed by atoms with E-state index in [0.717, 1.165) is 5.56 Å². The summed E-state index contributed by atoms with van der Waals surface area (Å²) in [5.41, 5.74) is 0.805. The molecule has 1 rings (SSSR count). The molecule has 0 bridgehead atoms. The van der Waals surface area contributed by atoms with E-state index in [1.165, 1.54) is 11.3 Å². The highest BCUT2D eigenvalue weighted by atomic mass is 32.1. The van der Waals surface area contributed by atoms with Crippen LogP contribution < -0.4 is 5.32 Å². The van der Waals surface area contributed by atoms with Crippen LogP contribution >= 0.6 is 11.3 Å². The summed E-state index contributed by atoms with van der Waals surface area (Å²) in [4.78, 5) is 0. The smallest absolute Gasteiger partial charge is 0.160 e. The fourth-order valence-corrected chi connectivity index (χ4v) is 1.87. The first-order valence-electron chi connectivity index (χ1n) is 3.61. The van der Waals surface area contributed by atoms with Gasteiger partial charge in [-0.05, 0) is 11.3 Å². The highest BCUT2D eigenvalue weighted by Gasteiger charge is 2.12. The second-order valence-corrected chi connectivity index (χ2v) is 3.62. The van der Waals surface area contributed by atoms with Crippen LogP contribution in [0.4, 0.5) is 9.39 Å². The van der Waals surface area contributed by atoms with Gasteiger partial charge in [-0.3, -0.25) is 0 Å². The Morgan fingerprint density at radius 3 is 2.45 bits per heavy atom. The predicted molar refractivity (Wildman–Crippen MR) is 47.9 cm³/mol. The minimum absolute atomic E-state index is 0.0903. The van der Waals surface area contributed by atoms with E-state index in [-0.39, 0.29) is 11.7 Å². The average Bonchev–Trinajstić information content (AvgIpc) is 2.30. The van der Waals surface area contributed by atoms with Gasteiger partial charge in [0.05, 0.1) is 0 Å².